The molecule has 0 bridgehead atoms. The predicted molar refractivity (Wildman–Crippen MR) is 113 cm³/mol. The van der Waals surface area contributed by atoms with E-state index in [9.17, 15) is 9.59 Å². The van der Waals surface area contributed by atoms with Crippen molar-refractivity contribution in [2.24, 2.45) is 11.8 Å². The maximum absolute atomic E-state index is 12.4. The van der Waals surface area contributed by atoms with Gasteiger partial charge in [-0.15, -0.1) is 0 Å². The van der Waals surface area contributed by atoms with E-state index in [1.54, 1.807) is 12.1 Å². The molecule has 0 atom stereocenters. The van der Waals surface area contributed by atoms with Crippen molar-refractivity contribution in [1.82, 2.24) is 10.2 Å². The van der Waals surface area contributed by atoms with Crippen LogP contribution in [0.2, 0.25) is 0 Å². The highest BCUT2D eigenvalue weighted by Gasteiger charge is 2.21. The van der Waals surface area contributed by atoms with E-state index in [2.05, 4.69) is 22.5 Å². The second kappa shape index (κ2) is 10.6. The Balaban J connectivity index is 1.41. The molecule has 0 spiro atoms. The number of hydrogen-bond acceptors (Lipinski definition) is 3. The largest absolute Gasteiger partial charge is 0.352 e. The van der Waals surface area contributed by atoms with E-state index in [-0.39, 0.29) is 17.7 Å². The van der Waals surface area contributed by atoms with Crippen molar-refractivity contribution in [3.05, 3.63) is 29.8 Å². The topological polar surface area (TPSA) is 61.4 Å². The van der Waals surface area contributed by atoms with Gasteiger partial charge in [0.25, 0.3) is 5.91 Å². The van der Waals surface area contributed by atoms with Crippen LogP contribution in [-0.4, -0.2) is 42.9 Å². The average Bonchev–Trinajstić information content (AvgIpc) is 2.73. The van der Waals surface area contributed by atoms with Crippen LogP contribution in [0.1, 0.15) is 68.6 Å². The normalized spacial score (nSPS) is 19.3. The first kappa shape index (κ1) is 20.8. The van der Waals surface area contributed by atoms with Gasteiger partial charge < -0.3 is 15.5 Å². The number of amides is 2. The maximum Gasteiger partial charge on any atom is 0.251 e. The summed E-state index contributed by atoms with van der Waals surface area (Å²) in [4.78, 5) is 27.3. The molecule has 1 saturated heterocycles. The van der Waals surface area contributed by atoms with Gasteiger partial charge in [0.1, 0.15) is 0 Å². The molecule has 0 radical (unpaired) electrons. The van der Waals surface area contributed by atoms with E-state index < -0.39 is 0 Å². The first-order valence-corrected chi connectivity index (χ1v) is 11.0. The zero-order valence-corrected chi connectivity index (χ0v) is 17.2. The molecule has 2 aliphatic rings. The van der Waals surface area contributed by atoms with Crippen LogP contribution < -0.4 is 10.6 Å². The molecule has 154 valence electrons. The number of nitrogens with zero attached hydrogens (tertiary/aromatic N) is 1. The van der Waals surface area contributed by atoms with E-state index in [4.69, 9.17) is 0 Å². The molecule has 5 nitrogen and oxygen atoms in total. The summed E-state index contributed by atoms with van der Waals surface area (Å²) in [5.74, 6) is 0.986. The monoisotopic (exact) mass is 385 g/mol. The second-order valence-electron chi connectivity index (χ2n) is 8.54. The third-order valence-corrected chi connectivity index (χ3v) is 6.18. The lowest BCUT2D eigenvalue weighted by molar-refractivity contribution is -0.120. The Hall–Kier alpha value is -1.88. The second-order valence-corrected chi connectivity index (χ2v) is 8.54. The Morgan fingerprint density at radius 1 is 1.07 bits per heavy atom. The number of anilines is 1. The van der Waals surface area contributed by atoms with Crippen LogP contribution in [-0.2, 0) is 4.79 Å². The van der Waals surface area contributed by atoms with Gasteiger partial charge in [0, 0.05) is 23.7 Å². The summed E-state index contributed by atoms with van der Waals surface area (Å²) >= 11 is 0. The minimum absolute atomic E-state index is 0.0685. The summed E-state index contributed by atoms with van der Waals surface area (Å²) < 4.78 is 0. The molecule has 1 aliphatic carbocycles. The SMILES string of the molecule is CC1CCN(CCCNC(=O)c2cccc(NC(=O)C3CCCCC3)c2)CC1. The Bertz CT molecular complexity index is 647. The van der Waals surface area contributed by atoms with Gasteiger partial charge in [0.2, 0.25) is 5.91 Å². The maximum atomic E-state index is 12.4. The number of benzene rings is 1. The summed E-state index contributed by atoms with van der Waals surface area (Å²) in [5.41, 5.74) is 1.32. The molecule has 5 heteroatoms. The van der Waals surface area contributed by atoms with Crippen LogP contribution in [0.4, 0.5) is 5.69 Å². The molecule has 0 aromatic heterocycles. The minimum Gasteiger partial charge on any atom is -0.352 e. The number of likely N-dealkylation sites (tertiary alicyclic amines) is 1. The summed E-state index contributed by atoms with van der Waals surface area (Å²) in [6.45, 7) is 6.41. The third kappa shape index (κ3) is 6.33. The molecule has 2 amide bonds. The quantitative estimate of drug-likeness (QED) is 0.696. The summed E-state index contributed by atoms with van der Waals surface area (Å²) in [6, 6.07) is 7.27. The zero-order valence-electron chi connectivity index (χ0n) is 17.2. The van der Waals surface area contributed by atoms with Crippen molar-refractivity contribution in [1.29, 1.82) is 0 Å². The van der Waals surface area contributed by atoms with Gasteiger partial charge in [0.15, 0.2) is 0 Å². The Morgan fingerprint density at radius 2 is 1.82 bits per heavy atom. The van der Waals surface area contributed by atoms with E-state index in [0.29, 0.717) is 17.8 Å². The van der Waals surface area contributed by atoms with Gasteiger partial charge in [-0.05, 0) is 75.9 Å². The van der Waals surface area contributed by atoms with Crippen molar-refractivity contribution in [2.45, 2.75) is 58.3 Å². The lowest BCUT2D eigenvalue weighted by atomic mass is 9.88. The van der Waals surface area contributed by atoms with Gasteiger partial charge in [-0.2, -0.15) is 0 Å². The molecule has 3 rings (SSSR count). The Labute approximate surface area is 169 Å². The standard InChI is InChI=1S/C23H35N3O2/c1-18-11-15-26(16-12-18)14-6-13-24-22(27)20-9-5-10-21(17-20)25-23(28)19-7-3-2-4-8-19/h5,9-10,17-19H,2-4,6-8,11-16H2,1H3,(H,24,27)(H,25,28). The van der Waals surface area contributed by atoms with Crippen LogP contribution in [0.15, 0.2) is 24.3 Å². The highest BCUT2D eigenvalue weighted by molar-refractivity contribution is 5.97. The van der Waals surface area contributed by atoms with Crippen molar-refractivity contribution in [3.63, 3.8) is 0 Å². The first-order valence-electron chi connectivity index (χ1n) is 11.0. The van der Waals surface area contributed by atoms with Gasteiger partial charge in [-0.1, -0.05) is 32.3 Å². The van der Waals surface area contributed by atoms with Crippen LogP contribution in [0.25, 0.3) is 0 Å². The van der Waals surface area contributed by atoms with Crippen molar-refractivity contribution in [3.8, 4) is 0 Å². The van der Waals surface area contributed by atoms with E-state index in [0.717, 1.165) is 44.6 Å². The van der Waals surface area contributed by atoms with Crippen LogP contribution in [0.5, 0.6) is 0 Å². The highest BCUT2D eigenvalue weighted by Crippen LogP contribution is 2.25. The Morgan fingerprint density at radius 3 is 2.57 bits per heavy atom. The lowest BCUT2D eigenvalue weighted by Gasteiger charge is -2.30. The molecule has 1 heterocycles. The Kier molecular flexibility index (Phi) is 7.90. The molecule has 1 aliphatic heterocycles. The first-order chi connectivity index (χ1) is 13.6. The summed E-state index contributed by atoms with van der Waals surface area (Å²) in [6.07, 6.45) is 8.99. The van der Waals surface area contributed by atoms with Crippen LogP contribution >= 0.6 is 0 Å². The molecule has 2 fully saturated rings. The number of nitrogens with one attached hydrogen (secondary N) is 2. The molecule has 0 unspecified atom stereocenters. The zero-order chi connectivity index (χ0) is 19.8. The van der Waals surface area contributed by atoms with Gasteiger partial charge in [-0.3, -0.25) is 9.59 Å². The van der Waals surface area contributed by atoms with Crippen molar-refractivity contribution >= 4 is 17.5 Å². The highest BCUT2D eigenvalue weighted by atomic mass is 16.2. The molecule has 2 N–H and O–H groups in total. The summed E-state index contributed by atoms with van der Waals surface area (Å²) in [5, 5.41) is 6.01. The van der Waals surface area contributed by atoms with Gasteiger partial charge in [0.05, 0.1) is 0 Å². The van der Waals surface area contributed by atoms with Crippen molar-refractivity contribution < 1.29 is 9.59 Å². The fraction of sp³-hybridized carbons (Fsp3) is 0.652. The van der Waals surface area contributed by atoms with Crippen LogP contribution in [0, 0.1) is 11.8 Å². The number of carbonyl (C=O) groups excluding carboxylic acids is 2. The number of piperidine rings is 1. The predicted octanol–water partition coefficient (Wildman–Crippen LogP) is 4.06. The molecular weight excluding hydrogens is 350 g/mol. The minimum atomic E-state index is -0.0685. The third-order valence-electron chi connectivity index (χ3n) is 6.18. The molecule has 1 saturated carbocycles. The number of rotatable bonds is 7. The van der Waals surface area contributed by atoms with Crippen molar-refractivity contribution in [2.75, 3.05) is 31.5 Å². The molecule has 1 aromatic carbocycles. The molecule has 1 aromatic rings. The average molecular weight is 386 g/mol. The fourth-order valence-corrected chi connectivity index (χ4v) is 4.24. The van der Waals surface area contributed by atoms with Gasteiger partial charge >= 0.3 is 0 Å². The fourth-order valence-electron chi connectivity index (χ4n) is 4.24. The van der Waals surface area contributed by atoms with E-state index in [1.165, 1.54) is 32.4 Å². The van der Waals surface area contributed by atoms with Crippen LogP contribution in [0.3, 0.4) is 0 Å². The smallest absolute Gasteiger partial charge is 0.251 e. The molecule has 28 heavy (non-hydrogen) atoms. The van der Waals surface area contributed by atoms with E-state index >= 15 is 0 Å². The molecular formula is C23H35N3O2. The number of hydrogen-bond donors (Lipinski definition) is 2. The summed E-state index contributed by atoms with van der Waals surface area (Å²) in [7, 11) is 0. The van der Waals surface area contributed by atoms with Gasteiger partial charge in [-0.25, -0.2) is 0 Å². The van der Waals surface area contributed by atoms with E-state index in [1.807, 2.05) is 12.1 Å². The number of carbonyl (C=O) groups is 2. The lowest BCUT2D eigenvalue weighted by Crippen LogP contribution is -2.35.